The molecule has 0 radical (unpaired) electrons. The fraction of sp³-hybridized carbons (Fsp3) is 0.407. The lowest BCUT2D eigenvalue weighted by Gasteiger charge is -2.40. The van der Waals surface area contributed by atoms with Crippen molar-refractivity contribution in [1.82, 2.24) is 19.4 Å². The number of carbonyl (C=O) groups excluding carboxylic acids is 1. The van der Waals surface area contributed by atoms with Crippen molar-refractivity contribution in [2.24, 2.45) is 5.92 Å². The maximum Gasteiger partial charge on any atom is 0.387 e. The lowest BCUT2D eigenvalue weighted by atomic mass is 9.97. The van der Waals surface area contributed by atoms with Crippen LogP contribution in [0.1, 0.15) is 56.8 Å². The first-order valence-corrected chi connectivity index (χ1v) is 11.9. The van der Waals surface area contributed by atoms with Crippen LogP contribution in [0.2, 0.25) is 0 Å². The van der Waals surface area contributed by atoms with E-state index in [9.17, 15) is 22.4 Å². The van der Waals surface area contributed by atoms with Crippen molar-refractivity contribution in [3.05, 3.63) is 58.9 Å². The average molecular weight is 516 g/mol. The Morgan fingerprint density at radius 3 is 2.70 bits per heavy atom. The van der Waals surface area contributed by atoms with Crippen LogP contribution < -0.4 is 4.74 Å². The number of carbonyl (C=O) groups is 1. The minimum atomic E-state index is -3.15. The van der Waals surface area contributed by atoms with E-state index in [0.717, 1.165) is 4.90 Å². The fourth-order valence-corrected chi connectivity index (χ4v) is 5.47. The highest BCUT2D eigenvalue weighted by Gasteiger charge is 2.45. The third-order valence-corrected chi connectivity index (χ3v) is 7.42. The van der Waals surface area contributed by atoms with Gasteiger partial charge in [0, 0.05) is 53.2 Å². The Bertz CT molecular complexity index is 1560. The van der Waals surface area contributed by atoms with Crippen molar-refractivity contribution in [1.29, 1.82) is 0 Å². The highest BCUT2D eigenvalue weighted by molar-refractivity contribution is 5.97. The smallest absolute Gasteiger partial charge is 0.387 e. The number of nitrogens with zero attached hydrogens (tertiary/aromatic N) is 4. The van der Waals surface area contributed by atoms with Gasteiger partial charge in [0.05, 0.1) is 29.2 Å². The van der Waals surface area contributed by atoms with Crippen LogP contribution in [0.3, 0.4) is 0 Å². The predicted molar refractivity (Wildman–Crippen MR) is 128 cm³/mol. The molecule has 6 rings (SSSR count). The lowest BCUT2D eigenvalue weighted by Crippen LogP contribution is -2.52. The van der Waals surface area contributed by atoms with E-state index in [2.05, 4.69) is 16.8 Å². The average Bonchev–Trinajstić information content (AvgIpc) is 3.34. The second-order valence-electron chi connectivity index (χ2n) is 9.58. The van der Waals surface area contributed by atoms with Crippen molar-refractivity contribution < 1.29 is 31.2 Å². The maximum atomic E-state index is 13.5. The van der Waals surface area contributed by atoms with Crippen LogP contribution in [0.4, 0.5) is 17.6 Å². The molecule has 6 nitrogen and oxygen atoms in total. The minimum Gasteiger partial charge on any atom is -0.434 e. The Morgan fingerprint density at radius 2 is 1.97 bits per heavy atom. The van der Waals surface area contributed by atoms with Crippen LogP contribution in [0.5, 0.6) is 5.75 Å². The van der Waals surface area contributed by atoms with Gasteiger partial charge in [0.25, 0.3) is 12.3 Å². The molecule has 4 heterocycles. The molecule has 3 aliphatic rings. The van der Waals surface area contributed by atoms with Crippen LogP contribution in [0, 0.1) is 17.8 Å². The first kappa shape index (κ1) is 20.5. The van der Waals surface area contributed by atoms with E-state index in [1.807, 2.05) is 0 Å². The summed E-state index contributed by atoms with van der Waals surface area (Å²) in [6.07, 6.45) is -2.30. The molecule has 0 N–H and O–H groups in total. The molecule has 2 aromatic carbocycles. The summed E-state index contributed by atoms with van der Waals surface area (Å²) in [4.78, 5) is 20.6. The maximum absolute atomic E-state index is 13.5. The first-order valence-electron chi connectivity index (χ1n) is 13.4. The normalized spacial score (nSPS) is 23.5. The number of fused-ring (bicyclic) bond motifs is 9. The molecule has 0 spiro atoms. The minimum absolute atomic E-state index is 0.0159. The quantitative estimate of drug-likeness (QED) is 0.374. The molecular weight excluding hydrogens is 488 g/mol. The summed E-state index contributed by atoms with van der Waals surface area (Å²) in [5, 5.41) is 0. The molecule has 37 heavy (non-hydrogen) atoms. The van der Waals surface area contributed by atoms with Crippen LogP contribution in [0.15, 0.2) is 36.4 Å². The van der Waals surface area contributed by atoms with Crippen molar-refractivity contribution >= 4 is 16.9 Å². The van der Waals surface area contributed by atoms with Crippen LogP contribution in [0.25, 0.3) is 11.0 Å². The van der Waals surface area contributed by atoms with E-state index in [1.54, 1.807) is 27.7 Å². The highest BCUT2D eigenvalue weighted by Crippen LogP contribution is 2.50. The van der Waals surface area contributed by atoms with E-state index in [-0.39, 0.29) is 29.2 Å². The second-order valence-corrected chi connectivity index (χ2v) is 9.58. The zero-order chi connectivity index (χ0) is 28.5. The van der Waals surface area contributed by atoms with Gasteiger partial charge in [-0.1, -0.05) is 17.9 Å². The molecule has 3 atom stereocenters. The van der Waals surface area contributed by atoms with Crippen molar-refractivity contribution in [2.45, 2.75) is 44.5 Å². The molecule has 0 aliphatic carbocycles. The Balaban J connectivity index is 1.43. The van der Waals surface area contributed by atoms with E-state index in [0.29, 0.717) is 35.5 Å². The van der Waals surface area contributed by atoms with E-state index in [4.69, 9.17) is 8.85 Å². The molecule has 0 saturated carbocycles. The topological polar surface area (TPSA) is 50.6 Å². The molecule has 1 unspecified atom stereocenters. The first-order chi connectivity index (χ1) is 18.9. The molecule has 10 heteroatoms. The Morgan fingerprint density at radius 1 is 1.16 bits per heavy atom. The molecule has 3 aromatic rings. The molecule has 1 amide bonds. The molecular formula is C27H24F4N4O2. The summed E-state index contributed by atoms with van der Waals surface area (Å²) in [6, 6.07) is 6.97. The van der Waals surface area contributed by atoms with E-state index in [1.165, 1.54) is 25.1 Å². The number of alkyl halides is 4. The third-order valence-electron chi connectivity index (χ3n) is 7.42. The monoisotopic (exact) mass is 515 g/mol. The molecule has 3 aliphatic heterocycles. The molecule has 1 saturated heterocycles. The Kier molecular flexibility index (Phi) is 4.85. The van der Waals surface area contributed by atoms with Gasteiger partial charge < -0.3 is 14.2 Å². The summed E-state index contributed by atoms with van der Waals surface area (Å²) >= 11 is 0. The number of likely N-dealkylation sites (tertiary alicyclic amines) is 1. The zero-order valence-electron chi connectivity index (χ0n) is 22.7. The summed E-state index contributed by atoms with van der Waals surface area (Å²) in [7, 11) is 0. The van der Waals surface area contributed by atoms with Gasteiger partial charge in [0.1, 0.15) is 11.6 Å². The Hall–Kier alpha value is -3.58. The summed E-state index contributed by atoms with van der Waals surface area (Å²) in [6.45, 7) is -3.56. The predicted octanol–water partition coefficient (Wildman–Crippen LogP) is 4.69. The van der Waals surface area contributed by atoms with Gasteiger partial charge in [-0.15, -0.1) is 0 Å². The number of amides is 1. The van der Waals surface area contributed by atoms with Gasteiger partial charge in [-0.3, -0.25) is 9.69 Å². The number of rotatable bonds is 4. The Labute approximate surface area is 215 Å². The number of halogens is 4. The highest BCUT2D eigenvalue weighted by atomic mass is 19.3. The third kappa shape index (κ3) is 3.84. The number of ether oxygens (including phenoxy) is 1. The van der Waals surface area contributed by atoms with Crippen molar-refractivity contribution in [2.75, 3.05) is 20.1 Å². The van der Waals surface area contributed by atoms with Gasteiger partial charge >= 0.3 is 6.61 Å². The fourth-order valence-electron chi connectivity index (χ4n) is 5.47. The SMILES string of the molecule is [2H]C([2H])([2H])N1C(=O)c2cccc(OC(F)F)c2[C@H]2C[C@@H]1c1nc3ccc(C#CC4CN(C(C)C(F)F)C4)cc3n12. The van der Waals surface area contributed by atoms with Crippen LogP contribution >= 0.6 is 0 Å². The summed E-state index contributed by atoms with van der Waals surface area (Å²) in [5.41, 5.74) is 1.94. The summed E-state index contributed by atoms with van der Waals surface area (Å²) < 4.78 is 83.4. The van der Waals surface area contributed by atoms with Gasteiger partial charge in [-0.2, -0.15) is 8.78 Å². The number of imidazole rings is 1. The summed E-state index contributed by atoms with van der Waals surface area (Å²) in [5.74, 6) is 5.50. The van der Waals surface area contributed by atoms with E-state index >= 15 is 0 Å². The number of benzene rings is 2. The molecule has 2 bridgehead atoms. The van der Waals surface area contributed by atoms with Crippen molar-refractivity contribution in [3.8, 4) is 17.6 Å². The lowest BCUT2D eigenvalue weighted by molar-refractivity contribution is -0.0507. The number of hydrogen-bond donors (Lipinski definition) is 0. The van der Waals surface area contributed by atoms with Gasteiger partial charge in [0.15, 0.2) is 0 Å². The molecule has 1 aromatic heterocycles. The van der Waals surface area contributed by atoms with E-state index < -0.39 is 44.0 Å². The number of aromatic nitrogens is 2. The molecule has 1 fully saturated rings. The van der Waals surface area contributed by atoms with Gasteiger partial charge in [-0.25, -0.2) is 13.8 Å². The molecule has 192 valence electrons. The van der Waals surface area contributed by atoms with Crippen LogP contribution in [-0.2, 0) is 0 Å². The van der Waals surface area contributed by atoms with Gasteiger partial charge in [-0.05, 0) is 37.3 Å². The van der Waals surface area contributed by atoms with Gasteiger partial charge in [0.2, 0.25) is 0 Å². The standard InChI is InChI=1S/C27H24F4N4O2/c1-14(24(28)29)34-12-16(13-34)7-6-15-8-9-18-19(10-15)35-20-11-21(25(35)32-18)33(2)26(36)17-4-3-5-22(23(17)20)37-27(30)31/h3-5,8-10,14,16,20-21,24,27H,11-13H2,1-2H3/t14?,20-,21-/m1/s1/i2D3. The van der Waals surface area contributed by atoms with Crippen molar-refractivity contribution in [3.63, 3.8) is 0 Å². The largest absolute Gasteiger partial charge is 0.434 e. The number of hydrogen-bond acceptors (Lipinski definition) is 4. The zero-order valence-corrected chi connectivity index (χ0v) is 19.7. The second kappa shape index (κ2) is 8.77. The van der Waals surface area contributed by atoms with Crippen LogP contribution in [-0.4, -0.2) is 64.4 Å².